The number of nitrogens with one attached hydrogen (secondary N) is 2. The molecule has 196 valence electrons. The average Bonchev–Trinajstić information content (AvgIpc) is 3.50. The van der Waals surface area contributed by atoms with Crippen LogP contribution < -0.4 is 5.32 Å². The molecule has 11 heteroatoms. The van der Waals surface area contributed by atoms with Crippen molar-refractivity contribution in [3.05, 3.63) is 35.7 Å². The molecule has 0 unspecified atom stereocenters. The van der Waals surface area contributed by atoms with Crippen LogP contribution in [0.15, 0.2) is 24.3 Å². The van der Waals surface area contributed by atoms with E-state index in [1.807, 2.05) is 6.92 Å². The number of pyridine rings is 1. The smallest absolute Gasteiger partial charge is 0.326 e. The van der Waals surface area contributed by atoms with E-state index in [1.165, 1.54) is 17.0 Å². The fraction of sp³-hybridized carbons (Fsp3) is 0.423. The molecule has 11 nitrogen and oxygen atoms in total. The first-order valence-electron chi connectivity index (χ1n) is 12.3. The number of rotatable bonds is 9. The Bertz CT molecular complexity index is 1380. The van der Waals surface area contributed by atoms with Gasteiger partial charge < -0.3 is 30.5 Å². The highest BCUT2D eigenvalue weighted by Gasteiger charge is 2.34. The summed E-state index contributed by atoms with van der Waals surface area (Å²) in [6.07, 6.45) is 1.69. The minimum Gasteiger partial charge on any atom is -0.508 e. The van der Waals surface area contributed by atoms with Crippen LogP contribution >= 0.6 is 0 Å². The number of nitrogens with zero attached hydrogens (tertiary/aromatic N) is 2. The molecule has 1 aliphatic rings. The average molecular weight is 511 g/mol. The number of aromatic hydroxyl groups is 1. The zero-order chi connectivity index (χ0) is 26.9. The number of carboxylic acids is 2. The van der Waals surface area contributed by atoms with Crippen molar-refractivity contribution < 1.29 is 34.5 Å². The molecule has 3 atom stereocenters. The predicted octanol–water partition coefficient (Wildman–Crippen LogP) is 2.66. The molecule has 1 aromatic carbocycles. The summed E-state index contributed by atoms with van der Waals surface area (Å²) in [5.41, 5.74) is 1.66. The number of carbonyl (C=O) groups is 4. The third-order valence-electron chi connectivity index (χ3n) is 7.08. The van der Waals surface area contributed by atoms with Gasteiger partial charge in [-0.15, -0.1) is 0 Å². The van der Waals surface area contributed by atoms with Crippen molar-refractivity contribution in [2.75, 3.05) is 6.54 Å². The van der Waals surface area contributed by atoms with Gasteiger partial charge in [-0.1, -0.05) is 20.3 Å². The van der Waals surface area contributed by atoms with Crippen molar-refractivity contribution >= 4 is 45.6 Å². The standard InChI is InChI=1S/C26H30N4O7/c1-3-13(2)22(26(36)37)29-24(33)19-12-16-15-11-14(31)6-7-17(15)28-23(16)18(27-19)8-9-21(32)30-10-4-5-20(30)25(34)35/h6-7,11-13,20,22,28,31H,3-5,8-10H2,1-2H3,(H,29,33)(H,34,35)(H,36,37)/t13-,20-,22-/m0/s1. The lowest BCUT2D eigenvalue weighted by Crippen LogP contribution is -2.45. The molecule has 0 radical (unpaired) electrons. The number of likely N-dealkylation sites (tertiary alicyclic amines) is 1. The summed E-state index contributed by atoms with van der Waals surface area (Å²) in [4.78, 5) is 58.3. The fourth-order valence-electron chi connectivity index (χ4n) is 4.83. The molecular weight excluding hydrogens is 480 g/mol. The van der Waals surface area contributed by atoms with Gasteiger partial charge in [0.05, 0.1) is 11.2 Å². The number of hydrogen-bond donors (Lipinski definition) is 5. The number of aliphatic carboxylic acids is 2. The van der Waals surface area contributed by atoms with Crippen LogP contribution in [-0.4, -0.2) is 72.6 Å². The SMILES string of the molecule is CC[C@H](C)[C@H](NC(=O)c1cc2c([nH]c3ccc(O)cc32)c(CCC(=O)N2CCC[C@H]2C(=O)O)n1)C(=O)O. The number of carboxylic acid groups (broad SMARTS) is 2. The van der Waals surface area contributed by atoms with E-state index in [9.17, 15) is 34.5 Å². The first-order valence-corrected chi connectivity index (χ1v) is 12.3. The number of phenols is 1. The molecule has 1 aliphatic heterocycles. The van der Waals surface area contributed by atoms with E-state index in [4.69, 9.17) is 0 Å². The lowest BCUT2D eigenvalue weighted by molar-refractivity contribution is -0.148. The number of aromatic nitrogens is 2. The highest BCUT2D eigenvalue weighted by Crippen LogP contribution is 2.31. The van der Waals surface area contributed by atoms with Crippen LogP contribution in [0.3, 0.4) is 0 Å². The summed E-state index contributed by atoms with van der Waals surface area (Å²) >= 11 is 0. The summed E-state index contributed by atoms with van der Waals surface area (Å²) in [7, 11) is 0. The molecule has 0 aliphatic carbocycles. The lowest BCUT2D eigenvalue weighted by Gasteiger charge is -2.21. The molecule has 0 saturated carbocycles. The molecular formula is C26H30N4O7. The molecule has 4 rings (SSSR count). The van der Waals surface area contributed by atoms with Crippen LogP contribution in [0.25, 0.3) is 21.8 Å². The van der Waals surface area contributed by atoms with E-state index in [1.54, 1.807) is 19.1 Å². The Kier molecular flexibility index (Phi) is 7.33. The van der Waals surface area contributed by atoms with Gasteiger partial charge >= 0.3 is 11.9 Å². The zero-order valence-corrected chi connectivity index (χ0v) is 20.7. The van der Waals surface area contributed by atoms with Crippen molar-refractivity contribution in [2.24, 2.45) is 5.92 Å². The Hall–Kier alpha value is -4.15. The molecule has 37 heavy (non-hydrogen) atoms. The highest BCUT2D eigenvalue weighted by molar-refractivity contribution is 6.10. The summed E-state index contributed by atoms with van der Waals surface area (Å²) in [6, 6.07) is 4.34. The third kappa shape index (κ3) is 5.20. The van der Waals surface area contributed by atoms with Crippen LogP contribution in [0.5, 0.6) is 5.75 Å². The van der Waals surface area contributed by atoms with Gasteiger partial charge in [0.1, 0.15) is 23.5 Å². The quantitative estimate of drug-likeness (QED) is 0.292. The predicted molar refractivity (Wildman–Crippen MR) is 134 cm³/mol. The van der Waals surface area contributed by atoms with Crippen LogP contribution in [0.1, 0.15) is 55.7 Å². The fourth-order valence-corrected chi connectivity index (χ4v) is 4.83. The van der Waals surface area contributed by atoms with Gasteiger partial charge in [0.15, 0.2) is 0 Å². The monoisotopic (exact) mass is 510 g/mol. The van der Waals surface area contributed by atoms with Gasteiger partial charge in [-0.3, -0.25) is 9.59 Å². The van der Waals surface area contributed by atoms with Crippen LogP contribution in [-0.2, 0) is 20.8 Å². The molecule has 3 heterocycles. The van der Waals surface area contributed by atoms with Crippen molar-refractivity contribution in [3.8, 4) is 5.75 Å². The Morgan fingerprint density at radius 1 is 1.19 bits per heavy atom. The largest absolute Gasteiger partial charge is 0.508 e. The summed E-state index contributed by atoms with van der Waals surface area (Å²) in [5.74, 6) is -3.44. The molecule has 5 N–H and O–H groups in total. The number of H-pyrrole nitrogens is 1. The van der Waals surface area contributed by atoms with E-state index >= 15 is 0 Å². The number of aryl methyl sites for hydroxylation is 1. The maximum absolute atomic E-state index is 13.1. The number of benzene rings is 1. The highest BCUT2D eigenvalue weighted by atomic mass is 16.4. The Balaban J connectivity index is 1.70. The van der Waals surface area contributed by atoms with Crippen molar-refractivity contribution in [1.29, 1.82) is 0 Å². The van der Waals surface area contributed by atoms with Gasteiger partial charge in [-0.25, -0.2) is 14.6 Å². The van der Waals surface area contributed by atoms with Gasteiger partial charge in [0, 0.05) is 35.7 Å². The molecule has 2 aromatic heterocycles. The minimum absolute atomic E-state index is 0.0117. The van der Waals surface area contributed by atoms with Gasteiger partial charge in [0.2, 0.25) is 5.91 Å². The lowest BCUT2D eigenvalue weighted by atomic mass is 9.99. The molecule has 1 saturated heterocycles. The zero-order valence-electron chi connectivity index (χ0n) is 20.7. The van der Waals surface area contributed by atoms with Crippen LogP contribution in [0.4, 0.5) is 0 Å². The second kappa shape index (κ2) is 10.5. The van der Waals surface area contributed by atoms with Gasteiger partial charge in [-0.05, 0) is 43.0 Å². The van der Waals surface area contributed by atoms with E-state index in [2.05, 4.69) is 15.3 Å². The Morgan fingerprint density at radius 3 is 2.62 bits per heavy atom. The van der Waals surface area contributed by atoms with E-state index < -0.39 is 29.9 Å². The first kappa shape index (κ1) is 25.9. The van der Waals surface area contributed by atoms with Crippen molar-refractivity contribution in [1.82, 2.24) is 20.2 Å². The third-order valence-corrected chi connectivity index (χ3v) is 7.08. The maximum atomic E-state index is 13.1. The Labute approximate surface area is 212 Å². The first-order chi connectivity index (χ1) is 17.6. The van der Waals surface area contributed by atoms with Gasteiger partial charge in [0.25, 0.3) is 5.91 Å². The van der Waals surface area contributed by atoms with Crippen LogP contribution in [0.2, 0.25) is 0 Å². The van der Waals surface area contributed by atoms with E-state index in [0.29, 0.717) is 53.3 Å². The molecule has 1 fully saturated rings. The molecule has 0 bridgehead atoms. The van der Waals surface area contributed by atoms with E-state index in [-0.39, 0.29) is 36.1 Å². The van der Waals surface area contributed by atoms with E-state index in [0.717, 1.165) is 0 Å². The maximum Gasteiger partial charge on any atom is 0.326 e. The van der Waals surface area contributed by atoms with Crippen molar-refractivity contribution in [2.45, 2.75) is 58.0 Å². The molecule has 0 spiro atoms. The van der Waals surface area contributed by atoms with Gasteiger partial charge in [-0.2, -0.15) is 0 Å². The number of hydrogen-bond acceptors (Lipinski definition) is 6. The normalized spacial score (nSPS) is 17.1. The van der Waals surface area contributed by atoms with Crippen LogP contribution in [0, 0.1) is 5.92 Å². The summed E-state index contributed by atoms with van der Waals surface area (Å²) in [6.45, 7) is 3.94. The number of aromatic amines is 1. The molecule has 3 aromatic rings. The summed E-state index contributed by atoms with van der Waals surface area (Å²) in [5, 5.41) is 32.8. The summed E-state index contributed by atoms with van der Waals surface area (Å²) < 4.78 is 0. The second-order valence-corrected chi connectivity index (χ2v) is 9.49. The number of phenolic OH excluding ortho intramolecular Hbond substituents is 1. The number of fused-ring (bicyclic) bond motifs is 3. The Morgan fingerprint density at radius 2 is 1.95 bits per heavy atom. The second-order valence-electron chi connectivity index (χ2n) is 9.49. The topological polar surface area (TPSA) is 173 Å². The minimum atomic E-state index is -1.15. The number of amides is 2. The molecule has 2 amide bonds. The van der Waals surface area contributed by atoms with Crippen molar-refractivity contribution in [3.63, 3.8) is 0 Å². The number of carbonyl (C=O) groups excluding carboxylic acids is 2.